The molecule has 0 saturated heterocycles. The van der Waals surface area contributed by atoms with Crippen LogP contribution in [0.3, 0.4) is 0 Å². The summed E-state index contributed by atoms with van der Waals surface area (Å²) in [5.74, 6) is 0.990. The molecule has 0 heterocycles. The minimum Gasteiger partial charge on any atom is -0.508 e. The highest BCUT2D eigenvalue weighted by molar-refractivity contribution is 5.50. The molecule has 0 aromatic heterocycles. The Balaban J connectivity index is 0.000000211. The fourth-order valence-electron chi connectivity index (χ4n) is 1.83. The van der Waals surface area contributed by atoms with Crippen molar-refractivity contribution in [1.82, 2.24) is 0 Å². The van der Waals surface area contributed by atoms with E-state index in [-0.39, 0.29) is 23.0 Å². The molecule has 0 unspecified atom stereocenters. The number of aromatic hydroxyl groups is 4. The van der Waals surface area contributed by atoms with Crippen molar-refractivity contribution >= 4 is 0 Å². The predicted molar refractivity (Wildman–Crippen MR) is 83.2 cm³/mol. The molecule has 4 heteroatoms. The number of phenolic OH excluding ortho intramolecular Hbond substituents is 4. The normalized spacial score (nSPS) is 9.95. The summed E-state index contributed by atoms with van der Waals surface area (Å²) in [4.78, 5) is 0. The summed E-state index contributed by atoms with van der Waals surface area (Å²) >= 11 is 0. The molecule has 2 aromatic rings. The van der Waals surface area contributed by atoms with Crippen molar-refractivity contribution in [1.29, 1.82) is 0 Å². The Hall–Kier alpha value is -2.36. The first kappa shape index (κ1) is 16.7. The van der Waals surface area contributed by atoms with Gasteiger partial charge in [-0.1, -0.05) is 0 Å². The van der Waals surface area contributed by atoms with Crippen molar-refractivity contribution in [2.75, 3.05) is 0 Å². The molecule has 4 nitrogen and oxygen atoms in total. The number of rotatable bonds is 0. The van der Waals surface area contributed by atoms with Crippen molar-refractivity contribution in [3.05, 3.63) is 46.0 Å². The van der Waals surface area contributed by atoms with E-state index in [0.717, 1.165) is 11.1 Å². The summed E-state index contributed by atoms with van der Waals surface area (Å²) < 4.78 is 0. The zero-order valence-corrected chi connectivity index (χ0v) is 13.0. The van der Waals surface area contributed by atoms with E-state index in [1.807, 2.05) is 0 Å². The van der Waals surface area contributed by atoms with Gasteiger partial charge in [-0.05, 0) is 80.6 Å². The van der Waals surface area contributed by atoms with Gasteiger partial charge in [0.2, 0.25) is 0 Å². The van der Waals surface area contributed by atoms with Gasteiger partial charge in [0.05, 0.1) is 0 Å². The van der Waals surface area contributed by atoms with Gasteiger partial charge in [-0.25, -0.2) is 0 Å². The van der Waals surface area contributed by atoms with Crippen LogP contribution in [0.2, 0.25) is 0 Å². The van der Waals surface area contributed by atoms with E-state index in [9.17, 15) is 10.2 Å². The summed E-state index contributed by atoms with van der Waals surface area (Å²) in [7, 11) is 0. The van der Waals surface area contributed by atoms with Gasteiger partial charge in [-0.3, -0.25) is 0 Å². The predicted octanol–water partition coefficient (Wildman–Crippen LogP) is 3.74. The van der Waals surface area contributed by atoms with Crippen LogP contribution in [0.25, 0.3) is 0 Å². The molecule has 0 aliphatic heterocycles. The standard InChI is InChI=1S/C9H12O2.C8H10O2/c1-5-4-8(10)6(2)7(3)9(5)11;1-5-3-8(10)6(2)4-7(5)9/h4,10-11H,1-3H3;3-4,9-10H,1-2H3. The second-order valence-corrected chi connectivity index (χ2v) is 5.24. The molecule has 0 aliphatic rings. The Bertz CT molecular complexity index is 584. The van der Waals surface area contributed by atoms with Gasteiger partial charge in [0.25, 0.3) is 0 Å². The molecule has 0 aliphatic carbocycles. The first-order valence-electron chi connectivity index (χ1n) is 6.63. The first-order valence-corrected chi connectivity index (χ1v) is 6.63. The van der Waals surface area contributed by atoms with Crippen molar-refractivity contribution in [3.63, 3.8) is 0 Å². The van der Waals surface area contributed by atoms with E-state index in [1.54, 1.807) is 52.8 Å². The summed E-state index contributed by atoms with van der Waals surface area (Å²) in [5, 5.41) is 36.9. The lowest BCUT2D eigenvalue weighted by Crippen LogP contribution is -1.85. The highest BCUT2D eigenvalue weighted by Gasteiger charge is 2.07. The Morgan fingerprint density at radius 1 is 0.524 bits per heavy atom. The highest BCUT2D eigenvalue weighted by Crippen LogP contribution is 2.30. The number of hydrogen-bond donors (Lipinski definition) is 4. The maximum atomic E-state index is 9.40. The lowest BCUT2D eigenvalue weighted by Gasteiger charge is -2.07. The van der Waals surface area contributed by atoms with Crippen LogP contribution >= 0.6 is 0 Å². The monoisotopic (exact) mass is 290 g/mol. The van der Waals surface area contributed by atoms with Crippen LogP contribution < -0.4 is 0 Å². The minimum absolute atomic E-state index is 0.232. The Kier molecular flexibility index (Phi) is 5.08. The third-order valence-corrected chi connectivity index (χ3v) is 3.54. The van der Waals surface area contributed by atoms with E-state index in [0.29, 0.717) is 16.7 Å². The molecular weight excluding hydrogens is 268 g/mol. The topological polar surface area (TPSA) is 80.9 Å². The molecule has 0 radical (unpaired) electrons. The van der Waals surface area contributed by atoms with Gasteiger partial charge >= 0.3 is 0 Å². The van der Waals surface area contributed by atoms with E-state index < -0.39 is 0 Å². The average Bonchev–Trinajstić information content (AvgIpc) is 2.42. The second-order valence-electron chi connectivity index (χ2n) is 5.24. The fraction of sp³-hybridized carbons (Fsp3) is 0.294. The maximum Gasteiger partial charge on any atom is 0.121 e. The fourth-order valence-corrected chi connectivity index (χ4v) is 1.83. The molecule has 0 bridgehead atoms. The van der Waals surface area contributed by atoms with Gasteiger partial charge in [-0.2, -0.15) is 0 Å². The molecule has 114 valence electrons. The van der Waals surface area contributed by atoms with Crippen molar-refractivity contribution in [2.45, 2.75) is 34.6 Å². The van der Waals surface area contributed by atoms with Crippen LogP contribution in [-0.2, 0) is 0 Å². The second kappa shape index (κ2) is 6.39. The third-order valence-electron chi connectivity index (χ3n) is 3.54. The summed E-state index contributed by atoms with van der Waals surface area (Å²) in [6.45, 7) is 8.83. The first-order chi connectivity index (χ1) is 9.65. The van der Waals surface area contributed by atoms with E-state index in [4.69, 9.17) is 10.2 Å². The molecule has 0 saturated carbocycles. The average molecular weight is 290 g/mol. The molecule has 21 heavy (non-hydrogen) atoms. The van der Waals surface area contributed by atoms with Gasteiger partial charge in [-0.15, -0.1) is 0 Å². The molecule has 0 amide bonds. The highest BCUT2D eigenvalue weighted by atomic mass is 16.3. The molecule has 0 atom stereocenters. The number of benzene rings is 2. The molecule has 2 rings (SSSR count). The third kappa shape index (κ3) is 3.81. The quantitative estimate of drug-likeness (QED) is 0.557. The van der Waals surface area contributed by atoms with E-state index >= 15 is 0 Å². The Morgan fingerprint density at radius 2 is 0.905 bits per heavy atom. The van der Waals surface area contributed by atoms with Crippen LogP contribution in [0.1, 0.15) is 27.8 Å². The summed E-state index contributed by atoms with van der Waals surface area (Å²) in [5.41, 5.74) is 3.60. The smallest absolute Gasteiger partial charge is 0.121 e. The van der Waals surface area contributed by atoms with Crippen LogP contribution in [0.4, 0.5) is 0 Å². The number of hydrogen-bond acceptors (Lipinski definition) is 4. The zero-order chi connectivity index (χ0) is 16.3. The van der Waals surface area contributed by atoms with Gasteiger partial charge in [0, 0.05) is 0 Å². The van der Waals surface area contributed by atoms with Crippen LogP contribution in [0.5, 0.6) is 23.0 Å². The Morgan fingerprint density at radius 3 is 1.33 bits per heavy atom. The van der Waals surface area contributed by atoms with Crippen LogP contribution in [0, 0.1) is 34.6 Å². The van der Waals surface area contributed by atoms with Gasteiger partial charge < -0.3 is 20.4 Å². The van der Waals surface area contributed by atoms with Crippen molar-refractivity contribution in [2.24, 2.45) is 0 Å². The van der Waals surface area contributed by atoms with Crippen molar-refractivity contribution < 1.29 is 20.4 Å². The van der Waals surface area contributed by atoms with Gasteiger partial charge in [0.15, 0.2) is 0 Å². The molecule has 2 aromatic carbocycles. The minimum atomic E-state index is 0.232. The lowest BCUT2D eigenvalue weighted by molar-refractivity contribution is 0.449. The largest absolute Gasteiger partial charge is 0.508 e. The Labute approximate surface area is 124 Å². The van der Waals surface area contributed by atoms with Crippen LogP contribution in [-0.4, -0.2) is 20.4 Å². The summed E-state index contributed by atoms with van der Waals surface area (Å²) in [6.07, 6.45) is 0. The summed E-state index contributed by atoms with van der Waals surface area (Å²) in [6, 6.07) is 4.66. The van der Waals surface area contributed by atoms with E-state index in [2.05, 4.69) is 0 Å². The molecule has 0 fully saturated rings. The van der Waals surface area contributed by atoms with Crippen molar-refractivity contribution in [3.8, 4) is 23.0 Å². The molecule has 0 spiro atoms. The van der Waals surface area contributed by atoms with Gasteiger partial charge in [0.1, 0.15) is 23.0 Å². The maximum absolute atomic E-state index is 9.40. The zero-order valence-electron chi connectivity index (χ0n) is 13.0. The number of phenols is 4. The molecular formula is C17H22O4. The SMILES string of the molecule is Cc1cc(O)c(C)c(C)c1O.Cc1cc(O)c(C)cc1O. The number of aryl methyl sites for hydroxylation is 3. The lowest BCUT2D eigenvalue weighted by atomic mass is 10.0. The van der Waals surface area contributed by atoms with Crippen LogP contribution in [0.15, 0.2) is 18.2 Å². The molecule has 4 N–H and O–H groups in total. The van der Waals surface area contributed by atoms with E-state index in [1.165, 1.54) is 0 Å².